The quantitative estimate of drug-likeness (QED) is 0.853. The van der Waals surface area contributed by atoms with E-state index < -0.39 is 29.7 Å². The van der Waals surface area contributed by atoms with Crippen LogP contribution in [0, 0.1) is 0 Å². The van der Waals surface area contributed by atoms with E-state index in [0.29, 0.717) is 5.75 Å². The minimum Gasteiger partial charge on any atom is -0.457 e. The van der Waals surface area contributed by atoms with Gasteiger partial charge in [-0.15, -0.1) is 0 Å². The minimum atomic E-state index is -0.996. The number of ether oxygens (including phenoxy) is 1. The van der Waals surface area contributed by atoms with Gasteiger partial charge in [0.25, 0.3) is 11.8 Å². The maximum absolute atomic E-state index is 12.9. The number of carbonyl (C=O) groups excluding carboxylic acids is 4. The number of fused-ring (bicyclic) bond motifs is 1. The number of nitrogens with one attached hydrogen (secondary N) is 1. The molecular formula is C19H14N2O5. The molecule has 0 radical (unpaired) electrons. The Labute approximate surface area is 148 Å². The Morgan fingerprint density at radius 3 is 2.42 bits per heavy atom. The highest BCUT2D eigenvalue weighted by atomic mass is 16.5. The molecule has 1 N–H and O–H groups in total. The van der Waals surface area contributed by atoms with Gasteiger partial charge in [0.05, 0.1) is 11.1 Å². The lowest BCUT2D eigenvalue weighted by atomic mass is 10.0. The van der Waals surface area contributed by atoms with Crippen LogP contribution < -0.4 is 10.1 Å². The van der Waals surface area contributed by atoms with E-state index in [-0.39, 0.29) is 29.7 Å². The summed E-state index contributed by atoms with van der Waals surface area (Å²) in [6.45, 7) is 0. The predicted molar refractivity (Wildman–Crippen MR) is 89.6 cm³/mol. The Bertz CT molecular complexity index is 938. The first-order valence-electron chi connectivity index (χ1n) is 8.14. The molecule has 1 saturated heterocycles. The van der Waals surface area contributed by atoms with Gasteiger partial charge in [0.1, 0.15) is 17.5 Å². The van der Waals surface area contributed by atoms with Crippen LogP contribution in [0.2, 0.25) is 0 Å². The second-order valence-electron chi connectivity index (χ2n) is 6.04. The van der Waals surface area contributed by atoms with Crippen molar-refractivity contribution in [2.45, 2.75) is 18.9 Å². The van der Waals surface area contributed by atoms with Crippen LogP contribution in [0.5, 0.6) is 11.5 Å². The van der Waals surface area contributed by atoms with Crippen molar-refractivity contribution in [2.75, 3.05) is 0 Å². The van der Waals surface area contributed by atoms with Gasteiger partial charge in [-0.05, 0) is 30.7 Å². The molecule has 130 valence electrons. The summed E-state index contributed by atoms with van der Waals surface area (Å²) in [6.07, 6.45) is 0.197. The molecule has 0 saturated carbocycles. The standard InChI is InChI=1S/C19H14N2O5/c22-15-10-9-13(17(23)20-15)21-18(24)12-7-4-8-14(16(12)19(21)25)26-11-5-2-1-3-6-11/h1-8,13H,9-10H2,(H,20,22,23). The molecule has 1 fully saturated rings. The van der Waals surface area contributed by atoms with Crippen LogP contribution in [-0.4, -0.2) is 34.6 Å². The molecule has 2 aliphatic heterocycles. The lowest BCUT2D eigenvalue weighted by Crippen LogP contribution is -2.54. The average Bonchev–Trinajstić information content (AvgIpc) is 2.88. The van der Waals surface area contributed by atoms with Crippen molar-refractivity contribution in [3.8, 4) is 11.5 Å². The van der Waals surface area contributed by atoms with Gasteiger partial charge in [-0.25, -0.2) is 0 Å². The van der Waals surface area contributed by atoms with E-state index in [4.69, 9.17) is 4.74 Å². The van der Waals surface area contributed by atoms with Gasteiger partial charge in [0.2, 0.25) is 11.8 Å². The molecule has 0 aromatic heterocycles. The first-order chi connectivity index (χ1) is 12.6. The summed E-state index contributed by atoms with van der Waals surface area (Å²) in [5.74, 6) is -1.41. The fourth-order valence-corrected chi connectivity index (χ4v) is 3.18. The molecule has 26 heavy (non-hydrogen) atoms. The molecule has 4 rings (SSSR count). The molecule has 1 atom stereocenters. The molecule has 0 spiro atoms. The van der Waals surface area contributed by atoms with Crippen LogP contribution in [-0.2, 0) is 9.59 Å². The molecule has 2 heterocycles. The highest BCUT2D eigenvalue weighted by molar-refractivity contribution is 6.24. The van der Waals surface area contributed by atoms with Crippen molar-refractivity contribution in [3.05, 3.63) is 59.7 Å². The Morgan fingerprint density at radius 1 is 0.923 bits per heavy atom. The summed E-state index contributed by atoms with van der Waals surface area (Å²) < 4.78 is 5.77. The predicted octanol–water partition coefficient (Wildman–Crippen LogP) is 1.88. The molecule has 4 amide bonds. The molecule has 1 unspecified atom stereocenters. The Hall–Kier alpha value is -3.48. The summed E-state index contributed by atoms with van der Waals surface area (Å²) >= 11 is 0. The summed E-state index contributed by atoms with van der Waals surface area (Å²) in [4.78, 5) is 50.0. The van der Waals surface area contributed by atoms with E-state index in [1.54, 1.807) is 36.4 Å². The topological polar surface area (TPSA) is 92.8 Å². The van der Waals surface area contributed by atoms with E-state index in [1.165, 1.54) is 6.07 Å². The van der Waals surface area contributed by atoms with E-state index in [2.05, 4.69) is 5.32 Å². The summed E-state index contributed by atoms with van der Waals surface area (Å²) in [7, 11) is 0. The summed E-state index contributed by atoms with van der Waals surface area (Å²) in [5, 5.41) is 2.17. The van der Waals surface area contributed by atoms with Crippen LogP contribution in [0.25, 0.3) is 0 Å². The monoisotopic (exact) mass is 350 g/mol. The third-order valence-electron chi connectivity index (χ3n) is 4.40. The lowest BCUT2D eigenvalue weighted by Gasteiger charge is -2.27. The van der Waals surface area contributed by atoms with Gasteiger partial charge >= 0.3 is 0 Å². The van der Waals surface area contributed by atoms with Crippen molar-refractivity contribution >= 4 is 23.6 Å². The van der Waals surface area contributed by atoms with Crippen LogP contribution in [0.15, 0.2) is 48.5 Å². The Kier molecular flexibility index (Phi) is 3.76. The second-order valence-corrected chi connectivity index (χ2v) is 6.04. The second kappa shape index (κ2) is 6.11. The molecule has 0 bridgehead atoms. The van der Waals surface area contributed by atoms with Crippen LogP contribution >= 0.6 is 0 Å². The van der Waals surface area contributed by atoms with E-state index >= 15 is 0 Å². The smallest absolute Gasteiger partial charge is 0.266 e. The number of imide groups is 2. The Balaban J connectivity index is 1.69. The van der Waals surface area contributed by atoms with Gasteiger partial charge in [0, 0.05) is 6.42 Å². The van der Waals surface area contributed by atoms with Gasteiger partial charge < -0.3 is 4.74 Å². The molecular weight excluding hydrogens is 336 g/mol. The maximum Gasteiger partial charge on any atom is 0.266 e. The molecule has 0 aliphatic carbocycles. The number of nitrogens with zero attached hydrogens (tertiary/aromatic N) is 1. The van der Waals surface area contributed by atoms with Gasteiger partial charge in [0.15, 0.2) is 0 Å². The van der Waals surface area contributed by atoms with Crippen LogP contribution in [0.3, 0.4) is 0 Å². The fourth-order valence-electron chi connectivity index (χ4n) is 3.18. The van der Waals surface area contributed by atoms with Crippen molar-refractivity contribution in [3.63, 3.8) is 0 Å². The van der Waals surface area contributed by atoms with Crippen LogP contribution in [0.4, 0.5) is 0 Å². The van der Waals surface area contributed by atoms with Crippen molar-refractivity contribution in [2.24, 2.45) is 0 Å². The molecule has 7 nitrogen and oxygen atoms in total. The minimum absolute atomic E-state index is 0.0805. The maximum atomic E-state index is 12.9. The van der Waals surface area contributed by atoms with Crippen molar-refractivity contribution in [1.29, 1.82) is 0 Å². The average molecular weight is 350 g/mol. The number of para-hydroxylation sites is 1. The molecule has 2 aromatic rings. The van der Waals surface area contributed by atoms with Crippen molar-refractivity contribution < 1.29 is 23.9 Å². The van der Waals surface area contributed by atoms with E-state index in [0.717, 1.165) is 4.90 Å². The number of hydrogen-bond donors (Lipinski definition) is 1. The van der Waals surface area contributed by atoms with Crippen molar-refractivity contribution in [1.82, 2.24) is 10.2 Å². The summed E-state index contributed by atoms with van der Waals surface area (Å²) in [6, 6.07) is 12.6. The number of benzene rings is 2. The van der Waals surface area contributed by atoms with Gasteiger partial charge in [-0.3, -0.25) is 29.4 Å². The summed E-state index contributed by atoms with van der Waals surface area (Å²) in [5.41, 5.74) is 0.319. The SMILES string of the molecule is O=C1CCC(N2C(=O)c3cccc(Oc4ccccc4)c3C2=O)C(=O)N1. The van der Waals surface area contributed by atoms with Gasteiger partial charge in [-0.2, -0.15) is 0 Å². The first-order valence-corrected chi connectivity index (χ1v) is 8.14. The lowest BCUT2D eigenvalue weighted by molar-refractivity contribution is -0.136. The number of amides is 4. The zero-order chi connectivity index (χ0) is 18.3. The first kappa shape index (κ1) is 16.0. The number of rotatable bonds is 3. The van der Waals surface area contributed by atoms with Crippen LogP contribution in [0.1, 0.15) is 33.6 Å². The van der Waals surface area contributed by atoms with E-state index in [1.807, 2.05) is 6.07 Å². The fraction of sp³-hybridized carbons (Fsp3) is 0.158. The highest BCUT2D eigenvalue weighted by Crippen LogP contribution is 2.35. The normalized spacial score (nSPS) is 19.4. The molecule has 7 heteroatoms. The zero-order valence-corrected chi connectivity index (χ0v) is 13.6. The Morgan fingerprint density at radius 2 is 1.69 bits per heavy atom. The zero-order valence-electron chi connectivity index (χ0n) is 13.6. The molecule has 2 aliphatic rings. The number of carbonyl (C=O) groups is 4. The number of hydrogen-bond acceptors (Lipinski definition) is 5. The largest absolute Gasteiger partial charge is 0.457 e. The highest BCUT2D eigenvalue weighted by Gasteiger charge is 2.46. The van der Waals surface area contributed by atoms with E-state index in [9.17, 15) is 19.2 Å². The molecule has 2 aromatic carbocycles. The number of piperidine rings is 1. The van der Waals surface area contributed by atoms with Gasteiger partial charge in [-0.1, -0.05) is 24.3 Å². The third-order valence-corrected chi connectivity index (χ3v) is 4.40. The third kappa shape index (κ3) is 2.54.